The summed E-state index contributed by atoms with van der Waals surface area (Å²) in [4.78, 5) is 14.7. The van der Waals surface area contributed by atoms with Crippen LogP contribution in [0, 0.1) is 0 Å². The molecule has 1 aromatic carbocycles. The van der Waals surface area contributed by atoms with Gasteiger partial charge < -0.3 is 15.0 Å². The van der Waals surface area contributed by atoms with E-state index in [1.165, 1.54) is 0 Å². The Morgan fingerprint density at radius 2 is 1.85 bits per heavy atom. The molecule has 0 fully saturated rings. The van der Waals surface area contributed by atoms with E-state index >= 15 is 0 Å². The van der Waals surface area contributed by atoms with E-state index in [0.29, 0.717) is 17.6 Å². The van der Waals surface area contributed by atoms with Crippen molar-refractivity contribution >= 4 is 11.9 Å². The molecule has 0 saturated carbocycles. The Balaban J connectivity index is 2.24. The van der Waals surface area contributed by atoms with Gasteiger partial charge in [0.2, 0.25) is 11.9 Å². The Labute approximate surface area is 118 Å². The van der Waals surface area contributed by atoms with E-state index in [2.05, 4.69) is 27.2 Å². The van der Waals surface area contributed by atoms with Gasteiger partial charge in [0.25, 0.3) is 0 Å². The first-order valence-corrected chi connectivity index (χ1v) is 6.59. The normalized spacial score (nSPS) is 10.2. The molecule has 106 valence electrons. The molecule has 0 unspecified atom stereocenters. The van der Waals surface area contributed by atoms with Crippen LogP contribution in [0.15, 0.2) is 30.3 Å². The molecule has 0 amide bonds. The van der Waals surface area contributed by atoms with Crippen LogP contribution < -0.4 is 15.0 Å². The van der Waals surface area contributed by atoms with Crippen LogP contribution in [0.5, 0.6) is 11.8 Å². The van der Waals surface area contributed by atoms with Crippen molar-refractivity contribution in [1.82, 2.24) is 15.0 Å². The molecule has 0 saturated heterocycles. The molecule has 0 aliphatic carbocycles. The second kappa shape index (κ2) is 6.70. The third-order valence-corrected chi connectivity index (χ3v) is 2.49. The lowest BCUT2D eigenvalue weighted by molar-refractivity contribution is 0.440. The largest absolute Gasteiger partial charge is 0.424 e. The molecule has 1 N–H and O–H groups in total. The first-order valence-electron chi connectivity index (χ1n) is 6.59. The van der Waals surface area contributed by atoms with Crippen LogP contribution in [-0.2, 0) is 0 Å². The number of nitrogens with one attached hydrogen (secondary N) is 1. The highest BCUT2D eigenvalue weighted by Gasteiger charge is 2.09. The summed E-state index contributed by atoms with van der Waals surface area (Å²) < 4.78 is 5.66. The minimum Gasteiger partial charge on any atom is -0.424 e. The van der Waals surface area contributed by atoms with Crippen LogP contribution in [0.4, 0.5) is 11.9 Å². The number of hydrogen-bond donors (Lipinski definition) is 1. The van der Waals surface area contributed by atoms with Crippen molar-refractivity contribution < 1.29 is 4.74 Å². The van der Waals surface area contributed by atoms with Crippen molar-refractivity contribution in [3.8, 4) is 11.8 Å². The molecule has 2 aromatic rings. The Hall–Kier alpha value is -2.37. The minimum absolute atomic E-state index is 0.286. The van der Waals surface area contributed by atoms with E-state index in [1.807, 2.05) is 49.3 Å². The summed E-state index contributed by atoms with van der Waals surface area (Å²) in [5, 5.41) is 3.15. The van der Waals surface area contributed by atoms with Gasteiger partial charge in [-0.3, -0.25) is 0 Å². The standard InChI is InChI=1S/C14H19N5O/c1-4-10-15-12-16-13(19(2)3)18-14(17-12)20-11-8-6-5-7-9-11/h5-9H,4,10H2,1-3H3,(H,15,16,17,18). The van der Waals surface area contributed by atoms with Gasteiger partial charge in [-0.25, -0.2) is 0 Å². The lowest BCUT2D eigenvalue weighted by Crippen LogP contribution is -2.16. The number of ether oxygens (including phenoxy) is 1. The average Bonchev–Trinajstić information content (AvgIpc) is 2.46. The fraction of sp³-hybridized carbons (Fsp3) is 0.357. The second-order valence-electron chi connectivity index (χ2n) is 4.48. The van der Waals surface area contributed by atoms with Crippen molar-refractivity contribution in [3.05, 3.63) is 30.3 Å². The topological polar surface area (TPSA) is 63.2 Å². The molecule has 0 aliphatic rings. The fourth-order valence-electron chi connectivity index (χ4n) is 1.50. The number of anilines is 2. The maximum Gasteiger partial charge on any atom is 0.328 e. The van der Waals surface area contributed by atoms with Crippen molar-refractivity contribution in [3.63, 3.8) is 0 Å². The van der Waals surface area contributed by atoms with Gasteiger partial charge in [0, 0.05) is 20.6 Å². The quantitative estimate of drug-likeness (QED) is 0.872. The number of rotatable bonds is 6. The summed E-state index contributed by atoms with van der Waals surface area (Å²) >= 11 is 0. The number of aromatic nitrogens is 3. The van der Waals surface area contributed by atoms with Crippen LogP contribution in [0.1, 0.15) is 13.3 Å². The zero-order valence-corrected chi connectivity index (χ0v) is 12.0. The first-order chi connectivity index (χ1) is 9.69. The molecule has 0 aliphatic heterocycles. The SMILES string of the molecule is CCCNc1nc(Oc2ccccc2)nc(N(C)C)n1. The zero-order valence-electron chi connectivity index (χ0n) is 12.0. The van der Waals surface area contributed by atoms with E-state index in [-0.39, 0.29) is 6.01 Å². The van der Waals surface area contributed by atoms with Gasteiger partial charge in [0.1, 0.15) is 5.75 Å². The van der Waals surface area contributed by atoms with Gasteiger partial charge in [-0.05, 0) is 18.6 Å². The lowest BCUT2D eigenvalue weighted by atomic mass is 10.3. The van der Waals surface area contributed by atoms with Gasteiger partial charge in [0.15, 0.2) is 0 Å². The fourth-order valence-corrected chi connectivity index (χ4v) is 1.50. The van der Waals surface area contributed by atoms with Crippen molar-refractivity contribution in [2.24, 2.45) is 0 Å². The lowest BCUT2D eigenvalue weighted by Gasteiger charge is -2.13. The average molecular weight is 273 g/mol. The summed E-state index contributed by atoms with van der Waals surface area (Å²) in [5.74, 6) is 1.78. The van der Waals surface area contributed by atoms with Gasteiger partial charge in [-0.15, -0.1) is 0 Å². The van der Waals surface area contributed by atoms with Crippen LogP contribution in [0.25, 0.3) is 0 Å². The molecule has 6 heteroatoms. The summed E-state index contributed by atoms with van der Waals surface area (Å²) in [5.41, 5.74) is 0. The van der Waals surface area contributed by atoms with Crippen LogP contribution in [0.2, 0.25) is 0 Å². The zero-order chi connectivity index (χ0) is 14.4. The maximum absolute atomic E-state index is 5.66. The van der Waals surface area contributed by atoms with Crippen molar-refractivity contribution in [2.45, 2.75) is 13.3 Å². The van der Waals surface area contributed by atoms with Crippen LogP contribution in [0.3, 0.4) is 0 Å². The Morgan fingerprint density at radius 3 is 2.50 bits per heavy atom. The van der Waals surface area contributed by atoms with Crippen molar-refractivity contribution in [2.75, 3.05) is 30.9 Å². The third-order valence-electron chi connectivity index (χ3n) is 2.49. The smallest absolute Gasteiger partial charge is 0.328 e. The summed E-state index contributed by atoms with van der Waals surface area (Å²) in [6, 6.07) is 9.74. The summed E-state index contributed by atoms with van der Waals surface area (Å²) in [6.45, 7) is 2.89. The van der Waals surface area contributed by atoms with E-state index in [1.54, 1.807) is 0 Å². The highest BCUT2D eigenvalue weighted by Crippen LogP contribution is 2.20. The Morgan fingerprint density at radius 1 is 1.10 bits per heavy atom. The molecule has 2 rings (SSSR count). The molecule has 1 aromatic heterocycles. The van der Waals surface area contributed by atoms with Crippen LogP contribution >= 0.6 is 0 Å². The summed E-state index contributed by atoms with van der Waals surface area (Å²) in [6.07, 6.45) is 0.998. The number of benzene rings is 1. The Kier molecular flexibility index (Phi) is 4.70. The third kappa shape index (κ3) is 3.81. The number of para-hydroxylation sites is 1. The van der Waals surface area contributed by atoms with Gasteiger partial charge in [-0.1, -0.05) is 25.1 Å². The second-order valence-corrected chi connectivity index (χ2v) is 4.48. The molecule has 0 radical (unpaired) electrons. The van der Waals surface area contributed by atoms with E-state index in [4.69, 9.17) is 4.74 Å². The van der Waals surface area contributed by atoms with E-state index < -0.39 is 0 Å². The minimum atomic E-state index is 0.286. The van der Waals surface area contributed by atoms with Gasteiger partial charge >= 0.3 is 6.01 Å². The molecule has 0 spiro atoms. The molecule has 0 atom stereocenters. The van der Waals surface area contributed by atoms with Crippen LogP contribution in [-0.4, -0.2) is 35.6 Å². The molecular weight excluding hydrogens is 254 g/mol. The number of hydrogen-bond acceptors (Lipinski definition) is 6. The molecule has 1 heterocycles. The highest BCUT2D eigenvalue weighted by molar-refractivity contribution is 5.38. The first kappa shape index (κ1) is 14.0. The summed E-state index contributed by atoms with van der Waals surface area (Å²) in [7, 11) is 3.76. The number of nitrogens with zero attached hydrogens (tertiary/aromatic N) is 4. The molecule has 0 bridgehead atoms. The van der Waals surface area contributed by atoms with E-state index in [9.17, 15) is 0 Å². The van der Waals surface area contributed by atoms with E-state index in [0.717, 1.165) is 13.0 Å². The highest BCUT2D eigenvalue weighted by atomic mass is 16.5. The van der Waals surface area contributed by atoms with Gasteiger partial charge in [-0.2, -0.15) is 15.0 Å². The van der Waals surface area contributed by atoms with Crippen molar-refractivity contribution in [1.29, 1.82) is 0 Å². The molecule has 6 nitrogen and oxygen atoms in total. The predicted molar refractivity (Wildman–Crippen MR) is 79.5 cm³/mol. The Bertz CT molecular complexity index is 545. The van der Waals surface area contributed by atoms with Gasteiger partial charge in [0.05, 0.1) is 0 Å². The predicted octanol–water partition coefficient (Wildman–Crippen LogP) is 2.55. The maximum atomic E-state index is 5.66. The molecular formula is C14H19N5O. The monoisotopic (exact) mass is 273 g/mol. The molecule has 20 heavy (non-hydrogen) atoms.